The molecular weight excluding hydrogens is 320 g/mol. The second-order valence-corrected chi connectivity index (χ2v) is 5.20. The number of H-pyrrole nitrogens is 1. The number of pyridine rings is 1. The Hall–Kier alpha value is -3.19. The number of ether oxygens (including phenoxy) is 2. The zero-order valence-electron chi connectivity index (χ0n) is 13.7. The van der Waals surface area contributed by atoms with Crippen LogP contribution in [0.25, 0.3) is 11.3 Å². The Morgan fingerprint density at radius 3 is 2.68 bits per heavy atom. The molecule has 2 N–H and O–H groups in total. The molecular formula is C18H18N4O3. The Morgan fingerprint density at radius 1 is 1.12 bits per heavy atom. The van der Waals surface area contributed by atoms with Gasteiger partial charge in [-0.1, -0.05) is 12.1 Å². The standard InChI is InChI=1S/C18H18N4O3/c1-24-11-12-25-18-15(3-2-9-19-18)17(23)21-14-6-4-13(5-7-14)16-8-10-20-22-16/h2-10H,11-12H2,1H3,(H,20,22)(H,21,23). The molecule has 0 spiro atoms. The highest BCUT2D eigenvalue weighted by Crippen LogP contribution is 2.21. The second kappa shape index (κ2) is 8.07. The third-order valence-corrected chi connectivity index (χ3v) is 3.50. The molecule has 128 valence electrons. The molecule has 2 aromatic heterocycles. The number of carbonyl (C=O) groups excluding carboxylic acids is 1. The van der Waals surface area contributed by atoms with Crippen molar-refractivity contribution >= 4 is 11.6 Å². The van der Waals surface area contributed by atoms with Gasteiger partial charge in [0.15, 0.2) is 0 Å². The Labute approximate surface area is 145 Å². The van der Waals surface area contributed by atoms with Crippen LogP contribution in [0.2, 0.25) is 0 Å². The summed E-state index contributed by atoms with van der Waals surface area (Å²) >= 11 is 0. The summed E-state index contributed by atoms with van der Waals surface area (Å²) in [7, 11) is 1.59. The SMILES string of the molecule is COCCOc1ncccc1C(=O)Nc1ccc(-c2ccn[nH]2)cc1. The molecule has 3 aromatic rings. The van der Waals surface area contributed by atoms with Crippen molar-refractivity contribution in [2.75, 3.05) is 25.6 Å². The second-order valence-electron chi connectivity index (χ2n) is 5.20. The molecule has 0 radical (unpaired) electrons. The molecule has 0 saturated carbocycles. The number of aromatic amines is 1. The smallest absolute Gasteiger partial charge is 0.261 e. The first-order chi connectivity index (χ1) is 12.3. The molecule has 0 atom stereocenters. The van der Waals surface area contributed by atoms with Gasteiger partial charge in [-0.05, 0) is 35.9 Å². The van der Waals surface area contributed by atoms with Crippen molar-refractivity contribution in [1.29, 1.82) is 0 Å². The minimum atomic E-state index is -0.283. The zero-order chi connectivity index (χ0) is 17.5. The van der Waals surface area contributed by atoms with Crippen LogP contribution in [-0.4, -0.2) is 41.4 Å². The molecule has 7 nitrogen and oxygen atoms in total. The van der Waals surface area contributed by atoms with Gasteiger partial charge in [0.05, 0.1) is 12.3 Å². The highest BCUT2D eigenvalue weighted by Gasteiger charge is 2.14. The minimum absolute atomic E-state index is 0.283. The van der Waals surface area contributed by atoms with Crippen LogP contribution in [0.15, 0.2) is 54.9 Å². The molecule has 0 unspecified atom stereocenters. The number of anilines is 1. The normalized spacial score (nSPS) is 10.4. The maximum Gasteiger partial charge on any atom is 0.261 e. The van der Waals surface area contributed by atoms with Crippen LogP contribution < -0.4 is 10.1 Å². The number of carbonyl (C=O) groups is 1. The first-order valence-electron chi connectivity index (χ1n) is 7.76. The van der Waals surface area contributed by atoms with Gasteiger partial charge in [-0.3, -0.25) is 9.89 Å². The van der Waals surface area contributed by atoms with Gasteiger partial charge < -0.3 is 14.8 Å². The highest BCUT2D eigenvalue weighted by molar-refractivity contribution is 6.05. The van der Waals surface area contributed by atoms with Crippen LogP contribution in [0, 0.1) is 0 Å². The summed E-state index contributed by atoms with van der Waals surface area (Å²) in [5.74, 6) is 0.000868. The minimum Gasteiger partial charge on any atom is -0.475 e. The van der Waals surface area contributed by atoms with E-state index in [2.05, 4.69) is 20.5 Å². The van der Waals surface area contributed by atoms with Crippen molar-refractivity contribution in [3.63, 3.8) is 0 Å². The molecule has 25 heavy (non-hydrogen) atoms. The quantitative estimate of drug-likeness (QED) is 0.647. The van der Waals surface area contributed by atoms with E-state index in [1.807, 2.05) is 30.3 Å². The van der Waals surface area contributed by atoms with Gasteiger partial charge in [-0.15, -0.1) is 0 Å². The third-order valence-electron chi connectivity index (χ3n) is 3.50. The van der Waals surface area contributed by atoms with E-state index in [4.69, 9.17) is 9.47 Å². The van der Waals surface area contributed by atoms with E-state index in [0.29, 0.717) is 24.5 Å². The van der Waals surface area contributed by atoms with E-state index < -0.39 is 0 Å². The molecule has 1 aromatic carbocycles. The first-order valence-corrected chi connectivity index (χ1v) is 7.76. The number of benzene rings is 1. The van der Waals surface area contributed by atoms with Crippen molar-refractivity contribution in [2.45, 2.75) is 0 Å². The number of nitrogens with zero attached hydrogens (tertiary/aromatic N) is 2. The molecule has 0 aliphatic heterocycles. The average Bonchev–Trinajstić information content (AvgIpc) is 3.18. The molecule has 3 rings (SSSR count). The fourth-order valence-corrected chi connectivity index (χ4v) is 2.25. The van der Waals surface area contributed by atoms with Crippen molar-refractivity contribution < 1.29 is 14.3 Å². The van der Waals surface area contributed by atoms with Crippen molar-refractivity contribution in [1.82, 2.24) is 15.2 Å². The number of aromatic nitrogens is 3. The van der Waals surface area contributed by atoms with Crippen LogP contribution in [0.3, 0.4) is 0 Å². The van der Waals surface area contributed by atoms with Gasteiger partial charge in [0.25, 0.3) is 5.91 Å². The lowest BCUT2D eigenvalue weighted by atomic mass is 10.1. The fourth-order valence-electron chi connectivity index (χ4n) is 2.25. The molecule has 0 aliphatic carbocycles. The molecule has 0 saturated heterocycles. The van der Waals surface area contributed by atoms with Gasteiger partial charge in [0, 0.05) is 25.2 Å². The Bertz CT molecular complexity index is 817. The van der Waals surface area contributed by atoms with Crippen LogP contribution in [0.4, 0.5) is 5.69 Å². The summed E-state index contributed by atoms with van der Waals surface area (Å²) in [4.78, 5) is 16.6. The zero-order valence-corrected chi connectivity index (χ0v) is 13.7. The van der Waals surface area contributed by atoms with E-state index in [1.54, 1.807) is 31.6 Å². The lowest BCUT2D eigenvalue weighted by Crippen LogP contribution is -2.15. The summed E-state index contributed by atoms with van der Waals surface area (Å²) in [5.41, 5.74) is 2.95. The fraction of sp³-hybridized carbons (Fsp3) is 0.167. The summed E-state index contributed by atoms with van der Waals surface area (Å²) < 4.78 is 10.4. The van der Waals surface area contributed by atoms with Crippen LogP contribution in [-0.2, 0) is 4.74 Å². The third kappa shape index (κ3) is 4.21. The van der Waals surface area contributed by atoms with Gasteiger partial charge in [0.1, 0.15) is 12.2 Å². The molecule has 0 fully saturated rings. The van der Waals surface area contributed by atoms with Crippen molar-refractivity contribution in [2.24, 2.45) is 0 Å². The van der Waals surface area contributed by atoms with E-state index in [9.17, 15) is 4.79 Å². The van der Waals surface area contributed by atoms with Crippen LogP contribution in [0.1, 0.15) is 10.4 Å². The highest BCUT2D eigenvalue weighted by atomic mass is 16.5. The molecule has 0 aliphatic rings. The lowest BCUT2D eigenvalue weighted by Gasteiger charge is -2.10. The summed E-state index contributed by atoms with van der Waals surface area (Å²) in [6, 6.07) is 12.7. The number of amides is 1. The van der Waals surface area contributed by atoms with E-state index in [1.165, 1.54) is 0 Å². The van der Waals surface area contributed by atoms with Gasteiger partial charge in [0.2, 0.25) is 5.88 Å². The van der Waals surface area contributed by atoms with Crippen LogP contribution in [0.5, 0.6) is 5.88 Å². The number of methoxy groups -OCH3 is 1. The summed E-state index contributed by atoms with van der Waals surface area (Å²) in [5, 5.41) is 9.67. The summed E-state index contributed by atoms with van der Waals surface area (Å²) in [6.45, 7) is 0.749. The molecule has 7 heteroatoms. The van der Waals surface area contributed by atoms with Gasteiger partial charge >= 0.3 is 0 Å². The molecule has 2 heterocycles. The first kappa shape index (κ1) is 16.7. The maximum absolute atomic E-state index is 12.5. The Kier molecular flexibility index (Phi) is 5.38. The average molecular weight is 338 g/mol. The molecule has 1 amide bonds. The van der Waals surface area contributed by atoms with Gasteiger partial charge in [-0.2, -0.15) is 5.10 Å². The van der Waals surface area contributed by atoms with E-state index in [0.717, 1.165) is 11.3 Å². The van der Waals surface area contributed by atoms with Crippen LogP contribution >= 0.6 is 0 Å². The van der Waals surface area contributed by atoms with Gasteiger partial charge in [-0.25, -0.2) is 4.98 Å². The monoisotopic (exact) mass is 338 g/mol. The largest absolute Gasteiger partial charge is 0.475 e. The predicted molar refractivity (Wildman–Crippen MR) is 93.6 cm³/mol. The Morgan fingerprint density at radius 2 is 1.96 bits per heavy atom. The number of nitrogens with one attached hydrogen (secondary N) is 2. The number of hydrogen-bond donors (Lipinski definition) is 2. The van der Waals surface area contributed by atoms with E-state index >= 15 is 0 Å². The lowest BCUT2D eigenvalue weighted by molar-refractivity contribution is 0.101. The number of rotatable bonds is 7. The van der Waals surface area contributed by atoms with Crippen molar-refractivity contribution in [3.8, 4) is 17.1 Å². The summed E-state index contributed by atoms with van der Waals surface area (Å²) in [6.07, 6.45) is 3.27. The molecule has 0 bridgehead atoms. The topological polar surface area (TPSA) is 89.1 Å². The van der Waals surface area contributed by atoms with E-state index in [-0.39, 0.29) is 11.8 Å². The van der Waals surface area contributed by atoms with Crippen molar-refractivity contribution in [3.05, 3.63) is 60.4 Å². The Balaban J connectivity index is 1.70. The predicted octanol–water partition coefficient (Wildman–Crippen LogP) is 2.75. The number of hydrogen-bond acceptors (Lipinski definition) is 5. The maximum atomic E-state index is 12.5.